The van der Waals surface area contributed by atoms with Gasteiger partial charge in [0.1, 0.15) is 11.6 Å². The molecule has 0 unspecified atom stereocenters. The Morgan fingerprint density at radius 3 is 2.96 bits per heavy atom. The zero-order valence-electron chi connectivity index (χ0n) is 14.4. The van der Waals surface area contributed by atoms with Crippen molar-refractivity contribution in [1.29, 1.82) is 0 Å². The summed E-state index contributed by atoms with van der Waals surface area (Å²) in [7, 11) is 0. The maximum atomic E-state index is 12.8. The van der Waals surface area contributed by atoms with Gasteiger partial charge < -0.3 is 14.6 Å². The number of anilines is 1. The lowest BCUT2D eigenvalue weighted by Crippen LogP contribution is -2.37. The van der Waals surface area contributed by atoms with E-state index in [1.54, 1.807) is 24.7 Å². The predicted octanol–water partition coefficient (Wildman–Crippen LogP) is 2.18. The molecule has 0 saturated heterocycles. The highest BCUT2D eigenvalue weighted by Crippen LogP contribution is 2.18. The second kappa shape index (κ2) is 7.43. The summed E-state index contributed by atoms with van der Waals surface area (Å²) in [5, 5.41) is 7.77. The Labute approximate surface area is 151 Å². The summed E-state index contributed by atoms with van der Waals surface area (Å²) in [4.78, 5) is 19.0. The van der Waals surface area contributed by atoms with E-state index in [0.717, 1.165) is 24.6 Å². The molecular weight excluding hydrogens is 330 g/mol. The first-order chi connectivity index (χ1) is 12.8. The number of aromatic nitrogens is 3. The second-order valence-electron chi connectivity index (χ2n) is 6.50. The summed E-state index contributed by atoms with van der Waals surface area (Å²) >= 11 is 0. The molecule has 3 aromatic heterocycles. The fraction of sp³-hybridized carbons (Fsp3) is 0.316. The van der Waals surface area contributed by atoms with E-state index >= 15 is 0 Å². The van der Waals surface area contributed by atoms with Gasteiger partial charge in [-0.1, -0.05) is 6.07 Å². The van der Waals surface area contributed by atoms with Crippen LogP contribution in [0.2, 0.25) is 0 Å². The Hall–Kier alpha value is -3.09. The fourth-order valence-electron chi connectivity index (χ4n) is 3.24. The molecule has 1 N–H and O–H groups in total. The highest BCUT2D eigenvalue weighted by atomic mass is 16.3. The van der Waals surface area contributed by atoms with Crippen LogP contribution in [-0.2, 0) is 24.3 Å². The van der Waals surface area contributed by atoms with Gasteiger partial charge in [-0.2, -0.15) is 5.10 Å². The van der Waals surface area contributed by atoms with Crippen LogP contribution in [0.25, 0.3) is 0 Å². The first-order valence-electron chi connectivity index (χ1n) is 8.73. The van der Waals surface area contributed by atoms with Crippen LogP contribution in [0.1, 0.15) is 11.5 Å². The van der Waals surface area contributed by atoms with Crippen molar-refractivity contribution in [2.45, 2.75) is 19.5 Å². The molecule has 1 aliphatic rings. The highest BCUT2D eigenvalue weighted by Gasteiger charge is 2.26. The molecule has 4 rings (SSSR count). The molecule has 1 amide bonds. The molecule has 0 radical (unpaired) electrons. The van der Waals surface area contributed by atoms with E-state index in [9.17, 15) is 4.79 Å². The fourth-order valence-corrected chi connectivity index (χ4v) is 3.24. The normalized spacial score (nSPS) is 16.8. The summed E-state index contributed by atoms with van der Waals surface area (Å²) in [5.74, 6) is 1.83. The van der Waals surface area contributed by atoms with E-state index < -0.39 is 0 Å². The third kappa shape index (κ3) is 3.77. The van der Waals surface area contributed by atoms with Crippen LogP contribution in [0.5, 0.6) is 0 Å². The van der Waals surface area contributed by atoms with Gasteiger partial charge in [0.2, 0.25) is 5.91 Å². The lowest BCUT2D eigenvalue weighted by atomic mass is 10.1. The van der Waals surface area contributed by atoms with Crippen molar-refractivity contribution < 1.29 is 9.21 Å². The minimum atomic E-state index is 0.0671. The van der Waals surface area contributed by atoms with Gasteiger partial charge in [-0.25, -0.2) is 4.98 Å². The van der Waals surface area contributed by atoms with Crippen molar-refractivity contribution in [2.75, 3.05) is 18.4 Å². The van der Waals surface area contributed by atoms with Crippen molar-refractivity contribution in [1.82, 2.24) is 19.7 Å². The predicted molar refractivity (Wildman–Crippen MR) is 96.3 cm³/mol. The van der Waals surface area contributed by atoms with E-state index in [1.165, 1.54) is 0 Å². The van der Waals surface area contributed by atoms with Crippen LogP contribution in [-0.4, -0.2) is 38.7 Å². The first-order valence-corrected chi connectivity index (χ1v) is 8.73. The number of fused-ring (bicyclic) bond motifs is 1. The zero-order valence-corrected chi connectivity index (χ0v) is 14.4. The second-order valence-corrected chi connectivity index (χ2v) is 6.50. The van der Waals surface area contributed by atoms with Crippen LogP contribution in [0.3, 0.4) is 0 Å². The van der Waals surface area contributed by atoms with Crippen molar-refractivity contribution in [3.05, 3.63) is 66.5 Å². The molecule has 7 heteroatoms. The Morgan fingerprint density at radius 1 is 1.19 bits per heavy atom. The van der Waals surface area contributed by atoms with Crippen molar-refractivity contribution >= 4 is 11.7 Å². The molecule has 7 nitrogen and oxygen atoms in total. The molecule has 26 heavy (non-hydrogen) atoms. The minimum Gasteiger partial charge on any atom is -0.469 e. The Morgan fingerprint density at radius 2 is 2.15 bits per heavy atom. The largest absolute Gasteiger partial charge is 0.469 e. The third-order valence-electron chi connectivity index (χ3n) is 4.56. The van der Waals surface area contributed by atoms with Gasteiger partial charge >= 0.3 is 0 Å². The van der Waals surface area contributed by atoms with Gasteiger partial charge in [0.25, 0.3) is 0 Å². The number of carbonyl (C=O) groups is 1. The van der Waals surface area contributed by atoms with Crippen LogP contribution < -0.4 is 5.32 Å². The maximum Gasteiger partial charge on any atom is 0.230 e. The average Bonchev–Trinajstić information content (AvgIpc) is 3.29. The minimum absolute atomic E-state index is 0.0671. The van der Waals surface area contributed by atoms with E-state index in [-0.39, 0.29) is 18.2 Å². The summed E-state index contributed by atoms with van der Waals surface area (Å²) in [5.41, 5.74) is 1.05. The molecule has 3 aromatic rings. The molecule has 0 saturated carbocycles. The Kier molecular flexibility index (Phi) is 4.68. The molecule has 0 aliphatic carbocycles. The number of nitrogens with one attached hydrogen (secondary N) is 1. The van der Waals surface area contributed by atoms with Gasteiger partial charge in [0, 0.05) is 37.9 Å². The Bertz CT molecular complexity index is 844. The van der Waals surface area contributed by atoms with Gasteiger partial charge in [-0.05, 0) is 30.3 Å². The standard InChI is InChI=1S/C19H21N5O2/c25-19(10-17-4-3-9-26-17)23-12-15(11-21-18-5-1-2-7-20-18)13-24-16(14-23)6-8-22-24/h1-9,15H,10-14H2,(H,20,21)/t15-/m1/s1. The van der Waals surface area contributed by atoms with Crippen LogP contribution in [0, 0.1) is 5.92 Å². The van der Waals surface area contributed by atoms with Crippen LogP contribution in [0.15, 0.2) is 59.5 Å². The average molecular weight is 351 g/mol. The molecule has 134 valence electrons. The number of rotatable bonds is 5. The first kappa shape index (κ1) is 16.4. The van der Waals surface area contributed by atoms with Gasteiger partial charge in [0.05, 0.1) is 24.9 Å². The van der Waals surface area contributed by atoms with Crippen molar-refractivity contribution in [3.63, 3.8) is 0 Å². The summed E-state index contributed by atoms with van der Waals surface area (Å²) in [6.07, 6.45) is 5.43. The molecule has 1 atom stereocenters. The molecule has 0 spiro atoms. The van der Waals surface area contributed by atoms with Crippen molar-refractivity contribution in [3.8, 4) is 0 Å². The lowest BCUT2D eigenvalue weighted by Gasteiger charge is -2.24. The number of amides is 1. The number of nitrogens with zero attached hydrogens (tertiary/aromatic N) is 4. The smallest absolute Gasteiger partial charge is 0.230 e. The lowest BCUT2D eigenvalue weighted by molar-refractivity contribution is -0.131. The van der Waals surface area contributed by atoms with E-state index in [4.69, 9.17) is 4.42 Å². The molecular formula is C19H21N5O2. The van der Waals surface area contributed by atoms with Gasteiger partial charge in [-0.3, -0.25) is 9.48 Å². The number of furan rings is 1. The number of pyridine rings is 1. The molecule has 0 bridgehead atoms. The SMILES string of the molecule is O=C(Cc1ccco1)N1Cc2ccnn2C[C@H](CNc2ccccn2)C1. The van der Waals surface area contributed by atoms with Crippen LogP contribution in [0.4, 0.5) is 5.82 Å². The van der Waals surface area contributed by atoms with E-state index in [0.29, 0.717) is 18.8 Å². The highest BCUT2D eigenvalue weighted by molar-refractivity contribution is 5.78. The van der Waals surface area contributed by atoms with Gasteiger partial charge in [-0.15, -0.1) is 0 Å². The third-order valence-corrected chi connectivity index (χ3v) is 4.56. The quantitative estimate of drug-likeness (QED) is 0.762. The molecule has 4 heterocycles. The molecule has 0 fully saturated rings. The topological polar surface area (TPSA) is 76.2 Å². The van der Waals surface area contributed by atoms with Gasteiger partial charge in [0.15, 0.2) is 0 Å². The number of hydrogen-bond donors (Lipinski definition) is 1. The monoisotopic (exact) mass is 351 g/mol. The Balaban J connectivity index is 1.47. The van der Waals surface area contributed by atoms with Crippen LogP contribution >= 0.6 is 0 Å². The number of hydrogen-bond acceptors (Lipinski definition) is 5. The summed E-state index contributed by atoms with van der Waals surface area (Å²) in [6, 6.07) is 11.4. The summed E-state index contributed by atoms with van der Waals surface area (Å²) in [6.45, 7) is 2.73. The zero-order chi connectivity index (χ0) is 17.8. The van der Waals surface area contributed by atoms with E-state index in [2.05, 4.69) is 15.4 Å². The molecule has 1 aliphatic heterocycles. The maximum absolute atomic E-state index is 12.8. The molecule has 0 aromatic carbocycles. The number of carbonyl (C=O) groups excluding carboxylic acids is 1. The van der Waals surface area contributed by atoms with Crippen molar-refractivity contribution in [2.24, 2.45) is 5.92 Å². The summed E-state index contributed by atoms with van der Waals surface area (Å²) < 4.78 is 7.32. The van der Waals surface area contributed by atoms with E-state index in [1.807, 2.05) is 39.9 Å².